The zero-order valence-electron chi connectivity index (χ0n) is 54.2. The molecular weight excluding hydrogens is 1020 g/mol. The molecule has 0 bridgehead atoms. The van der Waals surface area contributed by atoms with Gasteiger partial charge in [0.2, 0.25) is 0 Å². The van der Waals surface area contributed by atoms with Gasteiger partial charge in [-0.25, -0.2) is 0 Å². The lowest BCUT2D eigenvalue weighted by molar-refractivity contribution is -0.167. The molecule has 1 unspecified atom stereocenters. The minimum Gasteiger partial charge on any atom is -0.462 e. The Balaban J connectivity index is 4.24. The van der Waals surface area contributed by atoms with E-state index in [0.717, 1.165) is 135 Å². The summed E-state index contributed by atoms with van der Waals surface area (Å²) in [7, 11) is 0. The first-order chi connectivity index (χ1) is 41.0. The van der Waals surface area contributed by atoms with E-state index < -0.39 is 6.10 Å². The number of rotatable bonds is 62. The van der Waals surface area contributed by atoms with Crippen LogP contribution in [-0.2, 0) is 28.6 Å². The predicted octanol–water partition coefficient (Wildman–Crippen LogP) is 24.1. The average molecular weight is 1150 g/mol. The van der Waals surface area contributed by atoms with Gasteiger partial charge in [0.05, 0.1) is 0 Å². The smallest absolute Gasteiger partial charge is 0.306 e. The fraction of sp³-hybridized carbons (Fsp3) is 0.675. The third-order valence-corrected chi connectivity index (χ3v) is 14.6. The quantitative estimate of drug-likeness (QED) is 0.0261. The van der Waals surface area contributed by atoms with E-state index in [4.69, 9.17) is 14.2 Å². The number of carbonyl (C=O) groups excluding carboxylic acids is 3. The number of allylic oxidation sites excluding steroid dienone is 22. The molecule has 1 atom stereocenters. The highest BCUT2D eigenvalue weighted by Crippen LogP contribution is 2.16. The fourth-order valence-corrected chi connectivity index (χ4v) is 9.48. The summed E-state index contributed by atoms with van der Waals surface area (Å²) in [4.78, 5) is 38.4. The molecule has 0 aromatic heterocycles. The summed E-state index contributed by atoms with van der Waals surface area (Å²) < 4.78 is 16.9. The molecule has 0 amide bonds. The SMILES string of the molecule is CC/C=C\C/C=C\C/C=C\C/C=C\C/C=C\CCCCCCCCCCCCCCCCCC(=O)OCC(COC(=O)CCCCCCC/C=C\CCCC)OC(=O)CCCCCCCCC/C=C\C/C=C\C/C=C\C/C=C\C/C=C\CC. The number of hydrogen-bond donors (Lipinski definition) is 0. The van der Waals surface area contributed by atoms with Crippen LogP contribution in [-0.4, -0.2) is 37.2 Å². The van der Waals surface area contributed by atoms with E-state index in [0.29, 0.717) is 19.3 Å². The number of unbranched alkanes of at least 4 members (excludes halogenated alkanes) is 29. The highest BCUT2D eigenvalue weighted by Gasteiger charge is 2.19. The molecule has 0 aliphatic rings. The Bertz CT molecular complexity index is 1750. The molecule has 0 rings (SSSR count). The molecular formula is C77H128O6. The molecule has 0 aromatic rings. The Morgan fingerprint density at radius 3 is 0.747 bits per heavy atom. The van der Waals surface area contributed by atoms with Gasteiger partial charge >= 0.3 is 17.9 Å². The first-order valence-electron chi connectivity index (χ1n) is 34.7. The standard InChI is InChI=1S/C77H128O6/c1-4-7-10-13-16-19-22-24-26-28-30-32-34-35-36-37-38-39-40-41-43-44-46-48-50-52-55-58-61-64-67-70-76(79)82-73-74(72-81-75(78)69-66-63-60-57-54-21-18-15-12-9-6-3)83-77(80)71-68-65-62-59-56-53-51-49-47-45-42-33-31-29-27-25-23-20-17-14-11-8-5-2/h7-8,10-11,15-20,24-27,30-33,35-36,45,47,74H,4-6,9,12-14,21-23,28-29,34,37-44,46,48-73H2,1-3H3/b10-7-,11-8-,18-15-,19-16-,20-17-,26-24-,27-25-,32-30-,33-31-,36-35-,47-45-. The first kappa shape index (κ1) is 78.5. The van der Waals surface area contributed by atoms with Crippen LogP contribution in [0.3, 0.4) is 0 Å². The van der Waals surface area contributed by atoms with Crippen LogP contribution in [0.4, 0.5) is 0 Å². The summed E-state index contributed by atoms with van der Waals surface area (Å²) in [5.74, 6) is -0.901. The van der Waals surface area contributed by atoms with Gasteiger partial charge in [0, 0.05) is 19.3 Å². The Morgan fingerprint density at radius 2 is 0.470 bits per heavy atom. The van der Waals surface area contributed by atoms with Crippen LogP contribution in [0.2, 0.25) is 0 Å². The van der Waals surface area contributed by atoms with Gasteiger partial charge in [-0.3, -0.25) is 14.4 Å². The van der Waals surface area contributed by atoms with Gasteiger partial charge in [-0.1, -0.05) is 302 Å². The third-order valence-electron chi connectivity index (χ3n) is 14.6. The van der Waals surface area contributed by atoms with Crippen molar-refractivity contribution in [2.45, 2.75) is 322 Å². The van der Waals surface area contributed by atoms with Crippen LogP contribution >= 0.6 is 0 Å². The summed E-state index contributed by atoms with van der Waals surface area (Å²) in [6.07, 6.45) is 99.1. The van der Waals surface area contributed by atoms with Gasteiger partial charge in [-0.05, 0) is 128 Å². The summed E-state index contributed by atoms with van der Waals surface area (Å²) in [6, 6.07) is 0. The number of ether oxygens (including phenoxy) is 3. The van der Waals surface area contributed by atoms with Crippen molar-refractivity contribution in [1.29, 1.82) is 0 Å². The number of esters is 3. The molecule has 0 radical (unpaired) electrons. The first-order valence-corrected chi connectivity index (χ1v) is 34.7. The highest BCUT2D eigenvalue weighted by atomic mass is 16.6. The lowest BCUT2D eigenvalue weighted by Crippen LogP contribution is -2.30. The van der Waals surface area contributed by atoms with Gasteiger partial charge < -0.3 is 14.2 Å². The topological polar surface area (TPSA) is 78.9 Å². The van der Waals surface area contributed by atoms with Crippen LogP contribution in [0.25, 0.3) is 0 Å². The predicted molar refractivity (Wildman–Crippen MR) is 362 cm³/mol. The van der Waals surface area contributed by atoms with Crippen molar-refractivity contribution in [3.8, 4) is 0 Å². The molecule has 0 spiro atoms. The third kappa shape index (κ3) is 68.2. The zero-order valence-corrected chi connectivity index (χ0v) is 54.2. The molecule has 83 heavy (non-hydrogen) atoms. The highest BCUT2D eigenvalue weighted by molar-refractivity contribution is 5.71. The number of carbonyl (C=O) groups is 3. The molecule has 0 heterocycles. The van der Waals surface area contributed by atoms with Crippen molar-refractivity contribution in [3.63, 3.8) is 0 Å². The Kier molecular flexibility index (Phi) is 66.3. The average Bonchev–Trinajstić information content (AvgIpc) is 3.48. The van der Waals surface area contributed by atoms with Crippen LogP contribution in [0.1, 0.15) is 316 Å². The van der Waals surface area contributed by atoms with E-state index in [2.05, 4.69) is 154 Å². The molecule has 0 aliphatic heterocycles. The fourth-order valence-electron chi connectivity index (χ4n) is 9.48. The second-order valence-electron chi connectivity index (χ2n) is 22.7. The van der Waals surface area contributed by atoms with E-state index in [1.165, 1.54) is 141 Å². The van der Waals surface area contributed by atoms with E-state index in [1.54, 1.807) is 0 Å². The van der Waals surface area contributed by atoms with Crippen molar-refractivity contribution >= 4 is 17.9 Å². The normalized spacial score (nSPS) is 13.0. The number of hydrogen-bond acceptors (Lipinski definition) is 6. The van der Waals surface area contributed by atoms with Crippen LogP contribution in [0, 0.1) is 0 Å². The van der Waals surface area contributed by atoms with Gasteiger partial charge in [-0.15, -0.1) is 0 Å². The van der Waals surface area contributed by atoms with Crippen molar-refractivity contribution in [2.24, 2.45) is 0 Å². The Hall–Kier alpha value is -4.45. The Labute approximate surface area is 513 Å². The molecule has 0 saturated heterocycles. The van der Waals surface area contributed by atoms with Crippen LogP contribution < -0.4 is 0 Å². The molecule has 0 aliphatic carbocycles. The van der Waals surface area contributed by atoms with Gasteiger partial charge in [0.15, 0.2) is 6.10 Å². The van der Waals surface area contributed by atoms with E-state index >= 15 is 0 Å². The lowest BCUT2D eigenvalue weighted by Gasteiger charge is -2.18. The second kappa shape index (κ2) is 70.0. The van der Waals surface area contributed by atoms with Crippen molar-refractivity contribution in [2.75, 3.05) is 13.2 Å². The summed E-state index contributed by atoms with van der Waals surface area (Å²) in [5, 5.41) is 0. The molecule has 0 fully saturated rings. The second-order valence-corrected chi connectivity index (χ2v) is 22.7. The minimum absolute atomic E-state index is 0.0865. The largest absolute Gasteiger partial charge is 0.462 e. The molecule has 6 nitrogen and oxygen atoms in total. The van der Waals surface area contributed by atoms with Crippen molar-refractivity contribution < 1.29 is 28.6 Å². The maximum Gasteiger partial charge on any atom is 0.306 e. The Morgan fingerprint density at radius 1 is 0.253 bits per heavy atom. The zero-order chi connectivity index (χ0) is 59.9. The molecule has 0 saturated carbocycles. The monoisotopic (exact) mass is 1150 g/mol. The summed E-state index contributed by atoms with van der Waals surface area (Å²) >= 11 is 0. The minimum atomic E-state index is -0.792. The molecule has 0 N–H and O–H groups in total. The van der Waals surface area contributed by atoms with Crippen LogP contribution in [0.5, 0.6) is 0 Å². The molecule has 0 aromatic carbocycles. The summed E-state index contributed by atoms with van der Waals surface area (Å²) in [5.41, 5.74) is 0. The van der Waals surface area contributed by atoms with E-state index in [9.17, 15) is 14.4 Å². The van der Waals surface area contributed by atoms with Gasteiger partial charge in [-0.2, -0.15) is 0 Å². The van der Waals surface area contributed by atoms with Gasteiger partial charge in [0.25, 0.3) is 0 Å². The summed E-state index contributed by atoms with van der Waals surface area (Å²) in [6.45, 7) is 6.38. The van der Waals surface area contributed by atoms with Crippen molar-refractivity contribution in [1.82, 2.24) is 0 Å². The van der Waals surface area contributed by atoms with E-state index in [-0.39, 0.29) is 31.1 Å². The lowest BCUT2D eigenvalue weighted by atomic mass is 10.0. The maximum atomic E-state index is 12.9. The van der Waals surface area contributed by atoms with Crippen LogP contribution in [0.15, 0.2) is 134 Å². The molecule has 6 heteroatoms. The van der Waals surface area contributed by atoms with E-state index in [1.807, 2.05) is 0 Å². The molecule has 472 valence electrons. The van der Waals surface area contributed by atoms with Gasteiger partial charge in [0.1, 0.15) is 13.2 Å². The van der Waals surface area contributed by atoms with Crippen molar-refractivity contribution in [3.05, 3.63) is 134 Å². The maximum absolute atomic E-state index is 12.9.